The summed E-state index contributed by atoms with van der Waals surface area (Å²) in [5.41, 5.74) is -0.895. The van der Waals surface area contributed by atoms with E-state index in [0.717, 1.165) is 0 Å². The van der Waals surface area contributed by atoms with Gasteiger partial charge in [-0.1, -0.05) is 6.58 Å². The Kier molecular flexibility index (Phi) is 7.86. The molecule has 8 heteroatoms. The fraction of sp³-hybridized carbons (Fsp3) is 0.615. The first-order chi connectivity index (χ1) is 9.60. The van der Waals surface area contributed by atoms with Crippen LogP contribution < -0.4 is 10.6 Å². The van der Waals surface area contributed by atoms with Crippen LogP contribution in [-0.4, -0.2) is 48.7 Å². The topological polar surface area (TPSA) is 93.7 Å². The van der Waals surface area contributed by atoms with E-state index in [4.69, 9.17) is 4.74 Å². The highest BCUT2D eigenvalue weighted by atomic mass is 32.2. The molecule has 2 amide bonds. The van der Waals surface area contributed by atoms with Gasteiger partial charge in [-0.25, -0.2) is 9.59 Å². The van der Waals surface area contributed by atoms with Gasteiger partial charge in [0.15, 0.2) is 0 Å². The molecular formula is C13H22N2O5S. The van der Waals surface area contributed by atoms with Gasteiger partial charge in [0.1, 0.15) is 17.3 Å². The van der Waals surface area contributed by atoms with Crippen molar-refractivity contribution < 1.29 is 23.9 Å². The van der Waals surface area contributed by atoms with E-state index < -0.39 is 29.6 Å². The van der Waals surface area contributed by atoms with Crippen molar-refractivity contribution in [3.8, 4) is 0 Å². The van der Waals surface area contributed by atoms with E-state index in [9.17, 15) is 14.4 Å². The maximum absolute atomic E-state index is 11.9. The molecule has 0 radical (unpaired) electrons. The molecule has 0 rings (SSSR count). The van der Waals surface area contributed by atoms with Crippen molar-refractivity contribution in [3.63, 3.8) is 0 Å². The zero-order valence-electron chi connectivity index (χ0n) is 12.9. The Morgan fingerprint density at radius 3 is 2.29 bits per heavy atom. The van der Waals surface area contributed by atoms with Gasteiger partial charge in [-0.05, 0) is 27.0 Å². The third-order valence-corrected chi connectivity index (χ3v) is 2.72. The van der Waals surface area contributed by atoms with Crippen molar-refractivity contribution in [1.82, 2.24) is 10.6 Å². The van der Waals surface area contributed by atoms with Gasteiger partial charge in [0.05, 0.1) is 7.11 Å². The Bertz CT molecular complexity index is 417. The van der Waals surface area contributed by atoms with Crippen molar-refractivity contribution >= 4 is 29.7 Å². The number of ether oxygens (including phenoxy) is 2. The molecule has 0 spiro atoms. The van der Waals surface area contributed by atoms with Gasteiger partial charge in [-0.2, -0.15) is 11.8 Å². The Labute approximate surface area is 128 Å². The van der Waals surface area contributed by atoms with Gasteiger partial charge in [0.25, 0.3) is 5.91 Å². The first-order valence-electron chi connectivity index (χ1n) is 6.17. The Morgan fingerprint density at radius 1 is 1.29 bits per heavy atom. The van der Waals surface area contributed by atoms with Crippen molar-refractivity contribution in [2.24, 2.45) is 0 Å². The molecule has 0 saturated carbocycles. The number of hydrogen-bond donors (Lipinski definition) is 2. The number of nitrogens with one attached hydrogen (secondary N) is 2. The molecule has 1 atom stereocenters. The SMILES string of the molecule is C=C(NC(=O)OC(C)(C)C)C(=O)N[C@@H](CSC)C(=O)OC. The van der Waals surface area contributed by atoms with Gasteiger partial charge < -0.3 is 14.8 Å². The predicted octanol–water partition coefficient (Wildman–Crippen LogP) is 1.05. The fourth-order valence-corrected chi connectivity index (χ4v) is 1.76. The van der Waals surface area contributed by atoms with E-state index in [2.05, 4.69) is 21.9 Å². The number of amides is 2. The number of hydrogen-bond acceptors (Lipinski definition) is 6. The minimum absolute atomic E-state index is 0.209. The predicted molar refractivity (Wildman–Crippen MR) is 80.8 cm³/mol. The van der Waals surface area contributed by atoms with Crippen molar-refractivity contribution in [2.45, 2.75) is 32.4 Å². The first kappa shape index (κ1) is 19.3. The lowest BCUT2D eigenvalue weighted by Crippen LogP contribution is -2.46. The molecular weight excluding hydrogens is 296 g/mol. The standard InChI is InChI=1S/C13H22N2O5S/c1-8(14-12(18)20-13(2,3)4)10(16)15-9(7-21-6)11(17)19-5/h9H,1,7H2,2-6H3,(H,14,18)(H,15,16)/t9-/m0/s1. The number of methoxy groups -OCH3 is 1. The summed E-state index contributed by atoms with van der Waals surface area (Å²) in [6.07, 6.45) is 0.998. The second kappa shape index (κ2) is 8.56. The first-order valence-corrected chi connectivity index (χ1v) is 7.56. The average Bonchev–Trinajstić information content (AvgIpc) is 2.34. The van der Waals surface area contributed by atoms with Crippen molar-refractivity contribution in [3.05, 3.63) is 12.3 Å². The van der Waals surface area contributed by atoms with Crippen LogP contribution in [0.2, 0.25) is 0 Å². The van der Waals surface area contributed by atoms with Crippen LogP contribution in [0.4, 0.5) is 4.79 Å². The Morgan fingerprint density at radius 2 is 1.86 bits per heavy atom. The second-order valence-electron chi connectivity index (χ2n) is 5.11. The normalized spacial score (nSPS) is 12.0. The van der Waals surface area contributed by atoms with E-state index in [1.807, 2.05) is 0 Å². The number of carbonyl (C=O) groups is 3. The van der Waals surface area contributed by atoms with Gasteiger partial charge >= 0.3 is 12.1 Å². The summed E-state index contributed by atoms with van der Waals surface area (Å²) in [6, 6.07) is -0.810. The zero-order valence-corrected chi connectivity index (χ0v) is 13.8. The summed E-state index contributed by atoms with van der Waals surface area (Å²) in [5, 5.41) is 4.65. The van der Waals surface area contributed by atoms with E-state index in [0.29, 0.717) is 5.75 Å². The maximum Gasteiger partial charge on any atom is 0.412 e. The van der Waals surface area contributed by atoms with Crippen LogP contribution in [0.1, 0.15) is 20.8 Å². The molecule has 0 fully saturated rings. The number of rotatable bonds is 6. The molecule has 120 valence electrons. The molecule has 0 unspecified atom stereocenters. The van der Waals surface area contributed by atoms with Gasteiger partial charge in [0.2, 0.25) is 0 Å². The molecule has 2 N–H and O–H groups in total. The van der Waals surface area contributed by atoms with Gasteiger partial charge in [0, 0.05) is 5.75 Å². The van der Waals surface area contributed by atoms with Crippen molar-refractivity contribution in [1.29, 1.82) is 0 Å². The number of alkyl carbamates (subject to hydrolysis) is 1. The minimum Gasteiger partial charge on any atom is -0.467 e. The third kappa shape index (κ3) is 8.23. The third-order valence-electron chi connectivity index (χ3n) is 2.05. The fourth-order valence-electron chi connectivity index (χ4n) is 1.21. The summed E-state index contributed by atoms with van der Waals surface area (Å²) < 4.78 is 9.58. The Balaban J connectivity index is 4.53. The van der Waals surface area contributed by atoms with Crippen LogP contribution in [-0.2, 0) is 19.1 Å². The molecule has 7 nitrogen and oxygen atoms in total. The van der Waals surface area contributed by atoms with Crippen LogP contribution in [0.15, 0.2) is 12.3 Å². The highest BCUT2D eigenvalue weighted by Crippen LogP contribution is 2.07. The highest BCUT2D eigenvalue weighted by molar-refractivity contribution is 7.98. The molecule has 0 aliphatic heterocycles. The van der Waals surface area contributed by atoms with Crippen LogP contribution in [0.25, 0.3) is 0 Å². The van der Waals surface area contributed by atoms with Crippen molar-refractivity contribution in [2.75, 3.05) is 19.1 Å². The lowest BCUT2D eigenvalue weighted by molar-refractivity contribution is -0.144. The highest BCUT2D eigenvalue weighted by Gasteiger charge is 2.24. The summed E-state index contributed by atoms with van der Waals surface area (Å²) in [6.45, 7) is 8.53. The van der Waals surface area contributed by atoms with E-state index >= 15 is 0 Å². The van der Waals surface area contributed by atoms with E-state index in [1.54, 1.807) is 27.0 Å². The number of esters is 1. The molecule has 0 aromatic heterocycles. The average molecular weight is 318 g/mol. The molecule has 0 aromatic carbocycles. The molecule has 0 bridgehead atoms. The Hall–Kier alpha value is -1.70. The van der Waals surface area contributed by atoms with Crippen LogP contribution in [0.3, 0.4) is 0 Å². The zero-order chi connectivity index (χ0) is 16.6. The van der Waals surface area contributed by atoms with Crippen LogP contribution in [0, 0.1) is 0 Å². The number of thioether (sulfide) groups is 1. The van der Waals surface area contributed by atoms with Crippen LogP contribution in [0.5, 0.6) is 0 Å². The van der Waals surface area contributed by atoms with Crippen LogP contribution >= 0.6 is 11.8 Å². The maximum atomic E-state index is 11.9. The monoisotopic (exact) mass is 318 g/mol. The molecule has 0 aromatic rings. The minimum atomic E-state index is -0.810. The van der Waals surface area contributed by atoms with E-state index in [-0.39, 0.29) is 5.70 Å². The van der Waals surface area contributed by atoms with Gasteiger partial charge in [-0.15, -0.1) is 0 Å². The molecule has 0 aliphatic carbocycles. The number of carbonyl (C=O) groups excluding carboxylic acids is 3. The second-order valence-corrected chi connectivity index (χ2v) is 6.02. The largest absolute Gasteiger partial charge is 0.467 e. The molecule has 21 heavy (non-hydrogen) atoms. The lowest BCUT2D eigenvalue weighted by Gasteiger charge is -2.20. The van der Waals surface area contributed by atoms with Gasteiger partial charge in [-0.3, -0.25) is 10.1 Å². The summed E-state index contributed by atoms with van der Waals surface area (Å²) in [5.74, 6) is -0.897. The summed E-state index contributed by atoms with van der Waals surface area (Å²) >= 11 is 1.37. The quantitative estimate of drug-likeness (QED) is 0.561. The molecule has 0 saturated heterocycles. The summed E-state index contributed by atoms with van der Waals surface area (Å²) in [7, 11) is 1.23. The smallest absolute Gasteiger partial charge is 0.412 e. The lowest BCUT2D eigenvalue weighted by atomic mass is 10.2. The molecule has 0 heterocycles. The summed E-state index contributed by atoms with van der Waals surface area (Å²) in [4.78, 5) is 34.8. The molecule has 0 aliphatic rings. The van der Waals surface area contributed by atoms with E-state index in [1.165, 1.54) is 18.9 Å².